The van der Waals surface area contributed by atoms with E-state index in [-0.39, 0.29) is 11.9 Å². The first-order valence-electron chi connectivity index (χ1n) is 10.1. The molecule has 2 unspecified atom stereocenters. The van der Waals surface area contributed by atoms with Gasteiger partial charge in [-0.25, -0.2) is 19.9 Å². The molecule has 0 aliphatic heterocycles. The molecule has 9 nitrogen and oxygen atoms in total. The fourth-order valence-corrected chi connectivity index (χ4v) is 3.15. The molecule has 3 N–H and O–H groups in total. The number of rotatable bonds is 7. The summed E-state index contributed by atoms with van der Waals surface area (Å²) in [6.07, 6.45) is 0.660. The van der Waals surface area contributed by atoms with Crippen LogP contribution in [0.5, 0.6) is 0 Å². The predicted octanol–water partition coefficient (Wildman–Crippen LogP) is 3.74. The first-order valence-corrected chi connectivity index (χ1v) is 10.1. The molecule has 0 saturated carbocycles. The maximum Gasteiger partial charge on any atom is 0.416 e. The van der Waals surface area contributed by atoms with Gasteiger partial charge in [-0.05, 0) is 38.1 Å². The van der Waals surface area contributed by atoms with Gasteiger partial charge in [0.05, 0.1) is 42.2 Å². The Bertz CT molecular complexity index is 1230. The number of aliphatic hydroxyl groups is 1. The van der Waals surface area contributed by atoms with Crippen LogP contribution < -0.4 is 10.6 Å². The Morgan fingerprint density at radius 1 is 1.03 bits per heavy atom. The lowest BCUT2D eigenvalue weighted by Crippen LogP contribution is -2.26. The highest BCUT2D eigenvalue weighted by Crippen LogP contribution is 2.30. The molecule has 0 aliphatic rings. The number of nitrogens with one attached hydrogen (secondary N) is 2. The molecular weight excluding hydrogens is 437 g/mol. The summed E-state index contributed by atoms with van der Waals surface area (Å²) < 4.78 is 39.9. The summed E-state index contributed by atoms with van der Waals surface area (Å²) in [4.78, 5) is 21.3. The van der Waals surface area contributed by atoms with E-state index >= 15 is 0 Å². The number of halogens is 3. The van der Waals surface area contributed by atoms with Gasteiger partial charge >= 0.3 is 6.18 Å². The summed E-state index contributed by atoms with van der Waals surface area (Å²) >= 11 is 0. The van der Waals surface area contributed by atoms with Crippen molar-refractivity contribution in [1.82, 2.24) is 34.8 Å². The molecule has 4 aromatic rings. The zero-order valence-electron chi connectivity index (χ0n) is 17.7. The van der Waals surface area contributed by atoms with Gasteiger partial charge in [0.2, 0.25) is 0 Å². The standard InChI is InChI=1S/C21H21F3N8O/c1-3-32-11-28-16-9-27-18(31-19(16)32)20(33)29-12(2)15-8-26-17(10-25-15)30-14-6-4-13(5-7-14)21(22,23)24/h4-12,20,29,33H,3H2,1-2H3,(H,26,30). The van der Waals surface area contributed by atoms with Crippen LogP contribution in [0.3, 0.4) is 0 Å². The number of anilines is 2. The van der Waals surface area contributed by atoms with Crippen molar-refractivity contribution in [3.63, 3.8) is 0 Å². The summed E-state index contributed by atoms with van der Waals surface area (Å²) in [5.74, 6) is 0.575. The second-order valence-electron chi connectivity index (χ2n) is 7.29. The Hall–Kier alpha value is -3.64. The topological polar surface area (TPSA) is 114 Å². The largest absolute Gasteiger partial charge is 0.416 e. The quantitative estimate of drug-likeness (QED) is 0.359. The van der Waals surface area contributed by atoms with Crippen molar-refractivity contribution in [3.8, 4) is 0 Å². The van der Waals surface area contributed by atoms with Crippen molar-refractivity contribution in [3.05, 3.63) is 66.3 Å². The lowest BCUT2D eigenvalue weighted by molar-refractivity contribution is -0.137. The first kappa shape index (κ1) is 22.6. The molecule has 3 aromatic heterocycles. The molecule has 33 heavy (non-hydrogen) atoms. The highest BCUT2D eigenvalue weighted by atomic mass is 19.4. The van der Waals surface area contributed by atoms with Gasteiger partial charge in [0.25, 0.3) is 0 Å². The van der Waals surface area contributed by atoms with Crippen molar-refractivity contribution in [1.29, 1.82) is 0 Å². The highest BCUT2D eigenvalue weighted by Gasteiger charge is 2.30. The summed E-state index contributed by atoms with van der Waals surface area (Å²) in [5.41, 5.74) is 1.55. The average molecular weight is 458 g/mol. The third-order valence-electron chi connectivity index (χ3n) is 4.97. The van der Waals surface area contributed by atoms with Crippen molar-refractivity contribution in [2.75, 3.05) is 5.32 Å². The number of benzene rings is 1. The number of hydrogen-bond donors (Lipinski definition) is 3. The van der Waals surface area contributed by atoms with Gasteiger partial charge in [0.15, 0.2) is 17.7 Å². The van der Waals surface area contributed by atoms with Crippen LogP contribution in [0.1, 0.15) is 43.2 Å². The number of aromatic nitrogens is 6. The van der Waals surface area contributed by atoms with Crippen molar-refractivity contribution in [2.45, 2.75) is 38.8 Å². The summed E-state index contributed by atoms with van der Waals surface area (Å²) in [7, 11) is 0. The molecular formula is C21H21F3N8O. The summed E-state index contributed by atoms with van der Waals surface area (Å²) in [6, 6.07) is 4.23. The summed E-state index contributed by atoms with van der Waals surface area (Å²) in [6.45, 7) is 4.45. The number of hydrogen-bond acceptors (Lipinski definition) is 8. The molecule has 0 bridgehead atoms. The number of fused-ring (bicyclic) bond motifs is 1. The Balaban J connectivity index is 1.40. The monoisotopic (exact) mass is 458 g/mol. The Morgan fingerprint density at radius 2 is 1.79 bits per heavy atom. The van der Waals surface area contributed by atoms with Crippen LogP contribution in [0.25, 0.3) is 11.2 Å². The molecule has 4 rings (SSSR count). The number of aliphatic hydroxyl groups excluding tert-OH is 1. The normalized spacial score (nSPS) is 13.8. The number of nitrogens with zero attached hydrogens (tertiary/aromatic N) is 6. The molecule has 0 saturated heterocycles. The second kappa shape index (κ2) is 9.08. The minimum absolute atomic E-state index is 0.207. The first-order chi connectivity index (χ1) is 15.7. The second-order valence-corrected chi connectivity index (χ2v) is 7.29. The molecule has 0 radical (unpaired) electrons. The predicted molar refractivity (Wildman–Crippen MR) is 114 cm³/mol. The fourth-order valence-electron chi connectivity index (χ4n) is 3.15. The maximum atomic E-state index is 12.7. The number of aryl methyl sites for hydroxylation is 1. The Kier molecular flexibility index (Phi) is 6.20. The van der Waals surface area contributed by atoms with E-state index in [2.05, 4.69) is 35.6 Å². The highest BCUT2D eigenvalue weighted by molar-refractivity contribution is 5.69. The molecule has 0 spiro atoms. The van der Waals surface area contributed by atoms with Crippen LogP contribution in [0.4, 0.5) is 24.7 Å². The van der Waals surface area contributed by atoms with E-state index in [1.54, 1.807) is 19.4 Å². The molecule has 2 atom stereocenters. The van der Waals surface area contributed by atoms with Crippen LogP contribution in [0.2, 0.25) is 0 Å². The molecule has 0 amide bonds. The van der Waals surface area contributed by atoms with Crippen LogP contribution in [-0.2, 0) is 12.7 Å². The van der Waals surface area contributed by atoms with Crippen LogP contribution in [-0.4, -0.2) is 34.6 Å². The van der Waals surface area contributed by atoms with Gasteiger partial charge in [-0.2, -0.15) is 13.2 Å². The van der Waals surface area contributed by atoms with E-state index in [9.17, 15) is 18.3 Å². The van der Waals surface area contributed by atoms with E-state index in [1.807, 2.05) is 11.5 Å². The Labute approximate surface area is 186 Å². The van der Waals surface area contributed by atoms with Gasteiger partial charge in [0, 0.05) is 12.2 Å². The zero-order chi connectivity index (χ0) is 23.6. The van der Waals surface area contributed by atoms with E-state index in [0.717, 1.165) is 12.1 Å². The average Bonchev–Trinajstić information content (AvgIpc) is 3.21. The van der Waals surface area contributed by atoms with E-state index in [1.165, 1.54) is 24.5 Å². The maximum absolute atomic E-state index is 12.7. The Morgan fingerprint density at radius 3 is 2.42 bits per heavy atom. The number of alkyl halides is 3. The minimum Gasteiger partial charge on any atom is -0.371 e. The third kappa shape index (κ3) is 5.07. The van der Waals surface area contributed by atoms with Crippen molar-refractivity contribution < 1.29 is 18.3 Å². The van der Waals surface area contributed by atoms with Gasteiger partial charge in [-0.3, -0.25) is 10.3 Å². The SMILES string of the molecule is CCn1cnc2cnc(C(O)NC(C)c3cnc(Nc4ccc(C(F)(F)F)cc4)cn3)nc21. The molecule has 1 aromatic carbocycles. The van der Waals surface area contributed by atoms with Crippen LogP contribution >= 0.6 is 0 Å². The fraction of sp³-hybridized carbons (Fsp3) is 0.286. The number of imidazole rings is 1. The molecule has 0 aliphatic carbocycles. The third-order valence-corrected chi connectivity index (χ3v) is 4.97. The summed E-state index contributed by atoms with van der Waals surface area (Å²) in [5, 5.41) is 16.4. The lowest BCUT2D eigenvalue weighted by Gasteiger charge is -2.18. The van der Waals surface area contributed by atoms with E-state index in [0.29, 0.717) is 34.9 Å². The van der Waals surface area contributed by atoms with Gasteiger partial charge < -0.3 is 15.0 Å². The van der Waals surface area contributed by atoms with E-state index in [4.69, 9.17) is 0 Å². The van der Waals surface area contributed by atoms with E-state index < -0.39 is 18.0 Å². The smallest absolute Gasteiger partial charge is 0.371 e. The molecule has 172 valence electrons. The minimum atomic E-state index is -4.39. The van der Waals surface area contributed by atoms with Crippen LogP contribution in [0, 0.1) is 0 Å². The van der Waals surface area contributed by atoms with Crippen LogP contribution in [0.15, 0.2) is 49.2 Å². The molecule has 3 heterocycles. The van der Waals surface area contributed by atoms with Gasteiger partial charge in [-0.1, -0.05) is 0 Å². The molecule has 0 fully saturated rings. The lowest BCUT2D eigenvalue weighted by atomic mass is 10.2. The molecule has 12 heteroatoms. The van der Waals surface area contributed by atoms with Gasteiger partial charge in [-0.15, -0.1) is 0 Å². The zero-order valence-corrected chi connectivity index (χ0v) is 17.7. The van der Waals surface area contributed by atoms with Crippen molar-refractivity contribution >= 4 is 22.7 Å². The van der Waals surface area contributed by atoms with Gasteiger partial charge in [0.1, 0.15) is 11.3 Å². The van der Waals surface area contributed by atoms with Crippen molar-refractivity contribution in [2.24, 2.45) is 0 Å².